The molecule has 4 aromatic rings. The number of fused-ring (bicyclic) bond motifs is 1. The van der Waals surface area contributed by atoms with Crippen LogP contribution in [0.4, 0.5) is 17.5 Å². The maximum Gasteiger partial charge on any atom is 0.320 e. The third-order valence-corrected chi connectivity index (χ3v) is 4.85. The third-order valence-electron chi connectivity index (χ3n) is 4.85. The molecule has 9 heteroatoms. The van der Waals surface area contributed by atoms with Crippen LogP contribution in [0.1, 0.15) is 5.56 Å². The molecular weight excluding hydrogens is 410 g/mol. The summed E-state index contributed by atoms with van der Waals surface area (Å²) in [5.41, 5.74) is 2.53. The fourth-order valence-corrected chi connectivity index (χ4v) is 3.31. The van der Waals surface area contributed by atoms with E-state index in [0.29, 0.717) is 42.8 Å². The van der Waals surface area contributed by atoms with Crippen LogP contribution in [-0.2, 0) is 6.54 Å². The Hall–Kier alpha value is -4.27. The highest BCUT2D eigenvalue weighted by atomic mass is 16.6. The molecule has 0 aliphatic carbocycles. The van der Waals surface area contributed by atoms with Crippen molar-refractivity contribution in [1.82, 2.24) is 15.2 Å². The Bertz CT molecular complexity index is 1230. The Morgan fingerprint density at radius 3 is 2.78 bits per heavy atom. The van der Waals surface area contributed by atoms with E-state index in [1.807, 2.05) is 54.6 Å². The van der Waals surface area contributed by atoms with E-state index in [4.69, 9.17) is 18.6 Å². The van der Waals surface area contributed by atoms with Gasteiger partial charge in [-0.15, -0.1) is 5.10 Å². The van der Waals surface area contributed by atoms with Crippen molar-refractivity contribution in [1.29, 1.82) is 0 Å². The van der Waals surface area contributed by atoms with Crippen LogP contribution in [0.25, 0.3) is 11.5 Å². The number of rotatable bonds is 7. The average molecular weight is 431 g/mol. The molecule has 0 atom stereocenters. The Morgan fingerprint density at radius 2 is 1.88 bits per heavy atom. The van der Waals surface area contributed by atoms with Gasteiger partial charge in [0, 0.05) is 24.5 Å². The van der Waals surface area contributed by atoms with Gasteiger partial charge in [-0.05, 0) is 42.0 Å². The maximum atomic E-state index is 5.84. The van der Waals surface area contributed by atoms with E-state index in [1.165, 1.54) is 0 Å². The van der Waals surface area contributed by atoms with Crippen molar-refractivity contribution in [2.45, 2.75) is 6.54 Å². The van der Waals surface area contributed by atoms with Gasteiger partial charge in [0.25, 0.3) is 5.89 Å². The summed E-state index contributed by atoms with van der Waals surface area (Å²) in [7, 11) is 1.65. The highest BCUT2D eigenvalue weighted by Crippen LogP contribution is 2.34. The monoisotopic (exact) mass is 431 g/mol. The molecular formula is C23H21N5O4. The lowest BCUT2D eigenvalue weighted by molar-refractivity contribution is 0.171. The van der Waals surface area contributed by atoms with Crippen molar-refractivity contribution in [2.75, 3.05) is 31.0 Å². The number of nitrogens with zero attached hydrogens (tertiary/aromatic N) is 3. The Balaban J connectivity index is 1.32. The topological polar surface area (TPSA) is 104 Å². The molecule has 1 aliphatic heterocycles. The average Bonchev–Trinajstić information content (AvgIpc) is 3.31. The molecule has 0 bridgehead atoms. The first kappa shape index (κ1) is 19.7. The van der Waals surface area contributed by atoms with Crippen molar-refractivity contribution in [3.63, 3.8) is 0 Å². The highest BCUT2D eigenvalue weighted by molar-refractivity contribution is 5.69. The van der Waals surface area contributed by atoms with Gasteiger partial charge in [0.05, 0.1) is 12.7 Å². The van der Waals surface area contributed by atoms with Crippen molar-refractivity contribution >= 4 is 17.5 Å². The lowest BCUT2D eigenvalue weighted by Gasteiger charge is -2.18. The quantitative estimate of drug-likeness (QED) is 0.444. The summed E-state index contributed by atoms with van der Waals surface area (Å²) in [5, 5.41) is 14.7. The summed E-state index contributed by atoms with van der Waals surface area (Å²) in [6.07, 6.45) is 1.71. The van der Waals surface area contributed by atoms with Crippen molar-refractivity contribution in [3.05, 3.63) is 66.4 Å². The van der Waals surface area contributed by atoms with Gasteiger partial charge >= 0.3 is 6.01 Å². The molecule has 2 N–H and O–H groups in total. The smallest absolute Gasteiger partial charge is 0.320 e. The second-order valence-corrected chi connectivity index (χ2v) is 7.00. The normalized spacial score (nSPS) is 12.3. The van der Waals surface area contributed by atoms with Gasteiger partial charge in [0.15, 0.2) is 11.5 Å². The number of pyridine rings is 1. The summed E-state index contributed by atoms with van der Waals surface area (Å²) in [6, 6.07) is 17.3. The molecule has 0 radical (unpaired) electrons. The van der Waals surface area contributed by atoms with Crippen LogP contribution in [0, 0.1) is 0 Å². The maximum absolute atomic E-state index is 5.84. The van der Waals surface area contributed by atoms with Gasteiger partial charge in [-0.2, -0.15) is 0 Å². The minimum atomic E-state index is 0.263. The number of hydrogen-bond donors (Lipinski definition) is 2. The SMILES string of the molecule is COc1cccc(CNc2ncccc2-c2nnc(Nc3ccc4c(c3)OCCO4)o2)c1. The number of methoxy groups -OCH3 is 1. The van der Waals surface area contributed by atoms with Gasteiger partial charge in [0.2, 0.25) is 0 Å². The minimum absolute atomic E-state index is 0.263. The van der Waals surface area contributed by atoms with Gasteiger partial charge in [-0.25, -0.2) is 4.98 Å². The molecule has 3 heterocycles. The van der Waals surface area contributed by atoms with Crippen molar-refractivity contribution in [2.24, 2.45) is 0 Å². The Morgan fingerprint density at radius 1 is 0.969 bits per heavy atom. The van der Waals surface area contributed by atoms with Crippen LogP contribution in [0.2, 0.25) is 0 Å². The van der Waals surface area contributed by atoms with Gasteiger partial charge in [-0.3, -0.25) is 0 Å². The van der Waals surface area contributed by atoms with E-state index < -0.39 is 0 Å². The van der Waals surface area contributed by atoms with E-state index in [9.17, 15) is 0 Å². The molecule has 2 aromatic heterocycles. The second kappa shape index (κ2) is 8.84. The van der Waals surface area contributed by atoms with Crippen LogP contribution in [0.15, 0.2) is 65.2 Å². The lowest BCUT2D eigenvalue weighted by atomic mass is 10.2. The fraction of sp³-hybridized carbons (Fsp3) is 0.174. The Labute approximate surface area is 184 Å². The predicted octanol–water partition coefficient (Wildman–Crippen LogP) is 4.27. The largest absolute Gasteiger partial charge is 0.497 e. The van der Waals surface area contributed by atoms with Crippen LogP contribution in [0.5, 0.6) is 17.2 Å². The summed E-state index contributed by atoms with van der Waals surface area (Å²) in [5.74, 6) is 3.20. The first-order valence-corrected chi connectivity index (χ1v) is 10.1. The van der Waals surface area contributed by atoms with E-state index in [2.05, 4.69) is 25.8 Å². The summed E-state index contributed by atoms with van der Waals surface area (Å²) >= 11 is 0. The summed E-state index contributed by atoms with van der Waals surface area (Å²) in [6.45, 7) is 1.64. The standard InChI is InChI=1S/C23H21N5O4/c1-29-17-5-2-4-15(12-17)14-25-21-18(6-3-9-24-21)22-27-28-23(32-22)26-16-7-8-19-20(13-16)31-11-10-30-19/h2-9,12-13H,10-11,14H2,1H3,(H,24,25)(H,26,28). The molecule has 0 saturated heterocycles. The number of anilines is 3. The molecule has 0 fully saturated rings. The number of ether oxygens (including phenoxy) is 3. The van der Waals surface area contributed by atoms with Crippen molar-refractivity contribution in [3.8, 4) is 28.7 Å². The van der Waals surface area contributed by atoms with E-state index in [0.717, 1.165) is 22.7 Å². The summed E-state index contributed by atoms with van der Waals surface area (Å²) < 4.78 is 22.3. The minimum Gasteiger partial charge on any atom is -0.497 e. The number of aromatic nitrogens is 3. The van der Waals surface area contributed by atoms with E-state index >= 15 is 0 Å². The first-order chi connectivity index (χ1) is 15.8. The van der Waals surface area contributed by atoms with Gasteiger partial charge in [-0.1, -0.05) is 17.2 Å². The van der Waals surface area contributed by atoms with Crippen LogP contribution in [0.3, 0.4) is 0 Å². The van der Waals surface area contributed by atoms with Crippen LogP contribution < -0.4 is 24.8 Å². The summed E-state index contributed by atoms with van der Waals surface area (Å²) in [4.78, 5) is 4.43. The van der Waals surface area contributed by atoms with E-state index in [-0.39, 0.29) is 6.01 Å². The molecule has 32 heavy (non-hydrogen) atoms. The molecule has 2 aromatic carbocycles. The molecule has 0 unspecified atom stereocenters. The number of nitrogens with one attached hydrogen (secondary N) is 2. The van der Waals surface area contributed by atoms with Gasteiger partial charge in [0.1, 0.15) is 24.8 Å². The number of benzene rings is 2. The molecule has 0 saturated carbocycles. The molecule has 0 spiro atoms. The molecule has 1 aliphatic rings. The third kappa shape index (κ3) is 4.27. The van der Waals surface area contributed by atoms with Crippen molar-refractivity contribution < 1.29 is 18.6 Å². The highest BCUT2D eigenvalue weighted by Gasteiger charge is 2.16. The zero-order valence-corrected chi connectivity index (χ0v) is 17.4. The van der Waals surface area contributed by atoms with Crippen LogP contribution >= 0.6 is 0 Å². The zero-order valence-electron chi connectivity index (χ0n) is 17.4. The molecule has 9 nitrogen and oxygen atoms in total. The molecule has 0 amide bonds. The molecule has 162 valence electrons. The van der Waals surface area contributed by atoms with Gasteiger partial charge < -0.3 is 29.3 Å². The predicted molar refractivity (Wildman–Crippen MR) is 119 cm³/mol. The zero-order chi connectivity index (χ0) is 21.8. The van der Waals surface area contributed by atoms with Crippen LogP contribution in [-0.4, -0.2) is 35.5 Å². The number of hydrogen-bond acceptors (Lipinski definition) is 9. The fourth-order valence-electron chi connectivity index (χ4n) is 3.31. The Kier molecular flexibility index (Phi) is 5.44. The molecule has 5 rings (SSSR count). The lowest BCUT2D eigenvalue weighted by Crippen LogP contribution is -2.15. The second-order valence-electron chi connectivity index (χ2n) is 7.00. The van der Waals surface area contributed by atoms with E-state index in [1.54, 1.807) is 13.3 Å². The first-order valence-electron chi connectivity index (χ1n) is 10.1.